The van der Waals surface area contributed by atoms with Crippen molar-refractivity contribution >= 4 is 24.0 Å². The molecule has 3 rings (SSSR count). The molecule has 0 aliphatic carbocycles. The van der Waals surface area contributed by atoms with E-state index >= 15 is 0 Å². The summed E-state index contributed by atoms with van der Waals surface area (Å²) in [6.07, 6.45) is 4.12. The summed E-state index contributed by atoms with van der Waals surface area (Å²) in [7, 11) is 1.59. The summed E-state index contributed by atoms with van der Waals surface area (Å²) in [6, 6.07) is 4.50. The molecule has 0 bridgehead atoms. The third kappa shape index (κ3) is 4.15. The molecule has 1 aliphatic heterocycles. The first-order chi connectivity index (χ1) is 11.6. The number of carbonyl (C=O) groups is 1. The number of ether oxygens (including phenoxy) is 1. The van der Waals surface area contributed by atoms with Crippen LogP contribution in [0.5, 0.6) is 0 Å². The van der Waals surface area contributed by atoms with Crippen LogP contribution in [0.15, 0.2) is 30.9 Å². The second-order valence-corrected chi connectivity index (χ2v) is 5.92. The highest BCUT2D eigenvalue weighted by Crippen LogP contribution is 2.31. The molecule has 1 amide bonds. The van der Waals surface area contributed by atoms with Crippen molar-refractivity contribution < 1.29 is 13.9 Å². The van der Waals surface area contributed by atoms with Crippen LogP contribution in [0.1, 0.15) is 12.8 Å². The smallest absolute Gasteiger partial charge is 0.233 e. The van der Waals surface area contributed by atoms with Gasteiger partial charge in [-0.2, -0.15) is 5.10 Å². The summed E-state index contributed by atoms with van der Waals surface area (Å²) in [6.45, 7) is 1.87. The predicted octanol–water partition coefficient (Wildman–Crippen LogP) is 1.78. The molecule has 1 aromatic carbocycles. The maximum absolute atomic E-state index is 14.3. The van der Waals surface area contributed by atoms with Crippen molar-refractivity contribution in [3.8, 4) is 5.69 Å². The Hall–Kier alpha value is -2.03. The number of benzene rings is 1. The molecule has 0 unspecified atom stereocenters. The van der Waals surface area contributed by atoms with Gasteiger partial charge in [-0.05, 0) is 44.1 Å². The summed E-state index contributed by atoms with van der Waals surface area (Å²) >= 11 is 0. The van der Waals surface area contributed by atoms with E-state index in [9.17, 15) is 9.18 Å². The largest absolute Gasteiger partial charge is 0.384 e. The lowest BCUT2D eigenvalue weighted by molar-refractivity contribution is -0.130. The monoisotopic (exact) mass is 369 g/mol. The lowest BCUT2D eigenvalue weighted by atomic mass is 9.78. The highest BCUT2D eigenvalue weighted by molar-refractivity contribution is 5.95. The second-order valence-electron chi connectivity index (χ2n) is 5.92. The molecule has 2 aromatic rings. The van der Waals surface area contributed by atoms with E-state index in [0.29, 0.717) is 25.1 Å². The van der Waals surface area contributed by atoms with Gasteiger partial charge < -0.3 is 15.4 Å². The van der Waals surface area contributed by atoms with E-state index in [2.05, 4.69) is 20.7 Å². The molecule has 7 nitrogen and oxygen atoms in total. The summed E-state index contributed by atoms with van der Waals surface area (Å²) in [5, 5.41) is 9.96. The van der Waals surface area contributed by atoms with Gasteiger partial charge in [0.1, 0.15) is 18.3 Å². The van der Waals surface area contributed by atoms with Crippen LogP contribution in [0, 0.1) is 11.2 Å². The van der Waals surface area contributed by atoms with E-state index in [0.717, 1.165) is 13.1 Å². The van der Waals surface area contributed by atoms with E-state index in [1.54, 1.807) is 19.2 Å². The molecule has 9 heteroatoms. The molecule has 25 heavy (non-hydrogen) atoms. The van der Waals surface area contributed by atoms with Crippen LogP contribution < -0.4 is 10.6 Å². The fraction of sp³-hybridized carbons (Fsp3) is 0.438. The fourth-order valence-electron chi connectivity index (χ4n) is 2.99. The minimum absolute atomic E-state index is 0. The Bertz CT molecular complexity index is 699. The van der Waals surface area contributed by atoms with Crippen LogP contribution in [0.3, 0.4) is 0 Å². The number of carbonyl (C=O) groups excluding carboxylic acids is 1. The number of nitrogens with one attached hydrogen (secondary N) is 2. The minimum atomic E-state index is -0.582. The Morgan fingerprint density at radius 2 is 2.20 bits per heavy atom. The second kappa shape index (κ2) is 8.37. The number of methoxy groups -OCH3 is 1. The van der Waals surface area contributed by atoms with Crippen molar-refractivity contribution in [1.29, 1.82) is 0 Å². The zero-order valence-electron chi connectivity index (χ0n) is 13.9. The van der Waals surface area contributed by atoms with E-state index in [-0.39, 0.29) is 24.0 Å². The molecule has 1 fully saturated rings. The first-order valence-corrected chi connectivity index (χ1v) is 7.80. The SMILES string of the molecule is COCC1(C(=O)Nc2ccc(-n3cncn3)c(F)c2)CCNCC1.Cl. The molecule has 1 aliphatic rings. The number of hydrogen-bond acceptors (Lipinski definition) is 5. The Morgan fingerprint density at radius 1 is 1.44 bits per heavy atom. The van der Waals surface area contributed by atoms with Crippen molar-refractivity contribution in [2.75, 3.05) is 32.1 Å². The van der Waals surface area contributed by atoms with Crippen molar-refractivity contribution in [1.82, 2.24) is 20.1 Å². The first kappa shape index (κ1) is 19.3. The molecule has 0 atom stereocenters. The highest BCUT2D eigenvalue weighted by atomic mass is 35.5. The van der Waals surface area contributed by atoms with Crippen molar-refractivity contribution in [2.24, 2.45) is 5.41 Å². The average molecular weight is 370 g/mol. The van der Waals surface area contributed by atoms with Gasteiger partial charge in [-0.15, -0.1) is 12.4 Å². The van der Waals surface area contributed by atoms with Gasteiger partial charge in [-0.1, -0.05) is 0 Å². The highest BCUT2D eigenvalue weighted by Gasteiger charge is 2.39. The fourth-order valence-corrected chi connectivity index (χ4v) is 2.99. The zero-order chi connectivity index (χ0) is 17.0. The molecule has 0 radical (unpaired) electrons. The normalized spacial score (nSPS) is 16.1. The van der Waals surface area contributed by atoms with Gasteiger partial charge in [0.2, 0.25) is 5.91 Å². The number of piperidine rings is 1. The van der Waals surface area contributed by atoms with Crippen molar-refractivity contribution in [3.63, 3.8) is 0 Å². The molecule has 1 aromatic heterocycles. The van der Waals surface area contributed by atoms with Gasteiger partial charge >= 0.3 is 0 Å². The molecule has 0 spiro atoms. The van der Waals surface area contributed by atoms with Gasteiger partial charge in [0.05, 0.1) is 12.0 Å². The number of halogens is 2. The third-order valence-electron chi connectivity index (χ3n) is 4.33. The summed E-state index contributed by atoms with van der Waals surface area (Å²) < 4.78 is 20.9. The Balaban J connectivity index is 0.00000225. The maximum Gasteiger partial charge on any atom is 0.233 e. The molecule has 2 N–H and O–H groups in total. The number of hydrogen-bond donors (Lipinski definition) is 2. The summed E-state index contributed by atoms with van der Waals surface area (Å²) in [5.74, 6) is -0.622. The number of amides is 1. The van der Waals surface area contributed by atoms with Crippen LogP contribution >= 0.6 is 12.4 Å². The van der Waals surface area contributed by atoms with Gasteiger partial charge in [0.15, 0.2) is 5.82 Å². The zero-order valence-corrected chi connectivity index (χ0v) is 14.7. The van der Waals surface area contributed by atoms with Crippen LogP contribution in [0.4, 0.5) is 10.1 Å². The average Bonchev–Trinajstić information content (AvgIpc) is 3.10. The van der Waals surface area contributed by atoms with E-state index in [1.807, 2.05) is 0 Å². The Morgan fingerprint density at radius 3 is 2.80 bits per heavy atom. The van der Waals surface area contributed by atoms with Crippen molar-refractivity contribution in [2.45, 2.75) is 12.8 Å². The van der Waals surface area contributed by atoms with Gasteiger partial charge in [-0.25, -0.2) is 14.1 Å². The van der Waals surface area contributed by atoms with Crippen LogP contribution in [-0.2, 0) is 9.53 Å². The molecule has 136 valence electrons. The third-order valence-corrected chi connectivity index (χ3v) is 4.33. The minimum Gasteiger partial charge on any atom is -0.384 e. The van der Waals surface area contributed by atoms with Gasteiger partial charge in [0, 0.05) is 12.8 Å². The molecule has 2 heterocycles. The van der Waals surface area contributed by atoms with E-state index < -0.39 is 11.2 Å². The topological polar surface area (TPSA) is 81.1 Å². The molecular formula is C16H21ClFN5O2. The number of rotatable bonds is 5. The molecule has 0 saturated carbocycles. The van der Waals surface area contributed by atoms with Crippen molar-refractivity contribution in [3.05, 3.63) is 36.7 Å². The first-order valence-electron chi connectivity index (χ1n) is 7.80. The van der Waals surface area contributed by atoms with Gasteiger partial charge in [-0.3, -0.25) is 4.79 Å². The lowest BCUT2D eigenvalue weighted by Crippen LogP contribution is -2.47. The number of nitrogens with zero attached hydrogens (tertiary/aromatic N) is 3. The molecular weight excluding hydrogens is 349 g/mol. The van der Waals surface area contributed by atoms with Crippen LogP contribution in [-0.4, -0.2) is 47.5 Å². The lowest BCUT2D eigenvalue weighted by Gasteiger charge is -2.35. The predicted molar refractivity (Wildman–Crippen MR) is 93.6 cm³/mol. The van der Waals surface area contributed by atoms with E-state index in [4.69, 9.17) is 4.74 Å². The summed E-state index contributed by atoms with van der Waals surface area (Å²) in [4.78, 5) is 16.5. The Labute approximate surface area is 151 Å². The number of anilines is 1. The van der Waals surface area contributed by atoms with Crippen LogP contribution in [0.25, 0.3) is 5.69 Å². The quantitative estimate of drug-likeness (QED) is 0.839. The van der Waals surface area contributed by atoms with Gasteiger partial charge in [0.25, 0.3) is 0 Å². The number of aromatic nitrogens is 3. The van der Waals surface area contributed by atoms with E-state index in [1.165, 1.54) is 23.4 Å². The van der Waals surface area contributed by atoms with Crippen LogP contribution in [0.2, 0.25) is 0 Å². The molecule has 1 saturated heterocycles. The maximum atomic E-state index is 14.3. The Kier molecular flexibility index (Phi) is 6.46. The standard InChI is InChI=1S/C16H20FN5O2.ClH/c1-24-9-16(4-6-18-7-5-16)15(23)21-12-2-3-14(13(17)8-12)22-11-19-10-20-22;/h2-3,8,10-11,18H,4-7,9H2,1H3,(H,21,23);1H. The summed E-state index contributed by atoms with van der Waals surface area (Å²) in [5.41, 5.74) is 0.107.